The molecule has 0 radical (unpaired) electrons. The standard InChI is InChI=1S/C21H24FN5O/c1-23-21(27(3)15-18-9-6-12-26(18)2)25-14-16-7-5-11-24-20(16)28-19-10-4-8-17(22)13-19/h4-13H,14-15H2,1-3H3,(H,23,25). The Morgan fingerprint density at radius 2 is 2.11 bits per heavy atom. The van der Waals surface area contributed by atoms with Crippen LogP contribution in [0.15, 0.2) is 65.9 Å². The minimum Gasteiger partial charge on any atom is -0.439 e. The molecule has 0 aliphatic carbocycles. The van der Waals surface area contributed by atoms with Gasteiger partial charge in [0.05, 0.1) is 6.54 Å². The van der Waals surface area contributed by atoms with Gasteiger partial charge in [0.25, 0.3) is 0 Å². The summed E-state index contributed by atoms with van der Waals surface area (Å²) >= 11 is 0. The Hall–Kier alpha value is -3.35. The molecule has 7 heteroatoms. The molecule has 1 N–H and O–H groups in total. The molecular weight excluding hydrogens is 357 g/mol. The summed E-state index contributed by atoms with van der Waals surface area (Å²) in [7, 11) is 5.75. The van der Waals surface area contributed by atoms with Gasteiger partial charge in [0.2, 0.25) is 5.88 Å². The molecular formula is C21H24FN5O. The van der Waals surface area contributed by atoms with Gasteiger partial charge in [-0.25, -0.2) is 9.37 Å². The predicted octanol–water partition coefficient (Wildman–Crippen LogP) is 3.56. The number of nitrogens with one attached hydrogen (secondary N) is 1. The van der Waals surface area contributed by atoms with E-state index in [0.717, 1.165) is 18.1 Å². The molecule has 0 unspecified atom stereocenters. The van der Waals surface area contributed by atoms with Crippen molar-refractivity contribution in [3.05, 3.63) is 78.0 Å². The van der Waals surface area contributed by atoms with E-state index >= 15 is 0 Å². The van der Waals surface area contributed by atoms with E-state index in [-0.39, 0.29) is 5.82 Å². The number of ether oxygens (including phenoxy) is 1. The Bertz CT molecular complexity index is 953. The molecule has 2 aromatic heterocycles. The second-order valence-corrected chi connectivity index (χ2v) is 6.39. The largest absolute Gasteiger partial charge is 0.439 e. The molecule has 2 heterocycles. The molecule has 0 saturated heterocycles. The zero-order valence-electron chi connectivity index (χ0n) is 16.3. The van der Waals surface area contributed by atoms with Crippen molar-refractivity contribution >= 4 is 5.96 Å². The third kappa shape index (κ3) is 4.88. The average molecular weight is 381 g/mol. The Kier molecular flexibility index (Phi) is 6.26. The molecule has 0 spiro atoms. The maximum Gasteiger partial charge on any atom is 0.224 e. The Labute approximate surface area is 164 Å². The number of halogens is 1. The molecule has 3 rings (SSSR count). The first kappa shape index (κ1) is 19.4. The molecule has 28 heavy (non-hydrogen) atoms. The van der Waals surface area contributed by atoms with Crippen molar-refractivity contribution in [1.29, 1.82) is 0 Å². The fourth-order valence-electron chi connectivity index (χ4n) is 2.83. The minimum absolute atomic E-state index is 0.351. The van der Waals surface area contributed by atoms with Crippen molar-refractivity contribution in [3.8, 4) is 11.6 Å². The van der Waals surface area contributed by atoms with Crippen molar-refractivity contribution in [3.63, 3.8) is 0 Å². The number of nitrogens with zero attached hydrogens (tertiary/aromatic N) is 4. The summed E-state index contributed by atoms with van der Waals surface area (Å²) in [5.74, 6) is 1.24. The van der Waals surface area contributed by atoms with Crippen LogP contribution in [-0.2, 0) is 20.1 Å². The Morgan fingerprint density at radius 3 is 2.82 bits per heavy atom. The van der Waals surface area contributed by atoms with Gasteiger partial charge in [-0.2, -0.15) is 0 Å². The quantitative estimate of drug-likeness (QED) is 0.524. The van der Waals surface area contributed by atoms with E-state index in [1.165, 1.54) is 17.8 Å². The van der Waals surface area contributed by atoms with Crippen molar-refractivity contribution < 1.29 is 9.13 Å². The zero-order chi connectivity index (χ0) is 19.9. The lowest BCUT2D eigenvalue weighted by atomic mass is 10.2. The van der Waals surface area contributed by atoms with Gasteiger partial charge in [-0.05, 0) is 30.3 Å². The van der Waals surface area contributed by atoms with Crippen LogP contribution in [0, 0.1) is 5.82 Å². The van der Waals surface area contributed by atoms with Crippen LogP contribution in [0.1, 0.15) is 11.3 Å². The molecule has 0 aliphatic rings. The third-order valence-electron chi connectivity index (χ3n) is 4.32. The highest BCUT2D eigenvalue weighted by Crippen LogP contribution is 2.23. The van der Waals surface area contributed by atoms with Gasteiger partial charge in [0.15, 0.2) is 5.96 Å². The lowest BCUT2D eigenvalue weighted by Gasteiger charge is -2.22. The number of benzene rings is 1. The number of aromatic nitrogens is 2. The minimum atomic E-state index is -0.351. The van der Waals surface area contributed by atoms with E-state index in [1.807, 2.05) is 43.4 Å². The van der Waals surface area contributed by atoms with Crippen LogP contribution in [0.25, 0.3) is 0 Å². The second-order valence-electron chi connectivity index (χ2n) is 6.39. The number of hydrogen-bond acceptors (Lipinski definition) is 3. The lowest BCUT2D eigenvalue weighted by Crippen LogP contribution is -2.38. The van der Waals surface area contributed by atoms with E-state index in [4.69, 9.17) is 4.74 Å². The summed E-state index contributed by atoms with van der Waals surface area (Å²) in [5.41, 5.74) is 2.03. The van der Waals surface area contributed by atoms with Crippen LogP contribution < -0.4 is 10.1 Å². The number of hydrogen-bond donors (Lipinski definition) is 1. The van der Waals surface area contributed by atoms with Gasteiger partial charge in [0.1, 0.15) is 11.6 Å². The van der Waals surface area contributed by atoms with Crippen LogP contribution >= 0.6 is 0 Å². The zero-order valence-corrected chi connectivity index (χ0v) is 16.3. The molecule has 1 aromatic carbocycles. The second kappa shape index (κ2) is 9.03. The first-order valence-corrected chi connectivity index (χ1v) is 8.96. The van der Waals surface area contributed by atoms with Crippen molar-refractivity contribution in [2.75, 3.05) is 14.1 Å². The first-order chi connectivity index (χ1) is 13.6. The van der Waals surface area contributed by atoms with Crippen LogP contribution in [0.4, 0.5) is 4.39 Å². The summed E-state index contributed by atoms with van der Waals surface area (Å²) in [6.45, 7) is 1.20. The number of pyridine rings is 1. The molecule has 0 saturated carbocycles. The maximum absolute atomic E-state index is 13.4. The summed E-state index contributed by atoms with van der Waals surface area (Å²) in [4.78, 5) is 10.7. The molecule has 3 aromatic rings. The van der Waals surface area contributed by atoms with Gasteiger partial charge in [-0.1, -0.05) is 12.1 Å². The number of guanidine groups is 1. The van der Waals surface area contributed by atoms with Crippen LogP contribution in [0.2, 0.25) is 0 Å². The highest BCUT2D eigenvalue weighted by Gasteiger charge is 2.11. The van der Waals surface area contributed by atoms with E-state index in [9.17, 15) is 4.39 Å². The normalized spacial score (nSPS) is 11.4. The van der Waals surface area contributed by atoms with Gasteiger partial charge in [-0.15, -0.1) is 0 Å². The average Bonchev–Trinajstić information content (AvgIpc) is 3.08. The van der Waals surface area contributed by atoms with Gasteiger partial charge >= 0.3 is 0 Å². The molecule has 0 aliphatic heterocycles. The van der Waals surface area contributed by atoms with Crippen molar-refractivity contribution in [2.45, 2.75) is 13.1 Å². The highest BCUT2D eigenvalue weighted by atomic mass is 19.1. The molecule has 0 bridgehead atoms. The Morgan fingerprint density at radius 1 is 1.25 bits per heavy atom. The number of aliphatic imine (C=N–C) groups is 1. The van der Waals surface area contributed by atoms with Crippen molar-refractivity contribution in [1.82, 2.24) is 19.8 Å². The Balaban J connectivity index is 1.67. The van der Waals surface area contributed by atoms with Gasteiger partial charge in [0, 0.05) is 57.4 Å². The SMILES string of the molecule is CN=C(NCc1cccnc1Oc1cccc(F)c1)N(C)Cc1cccn1C. The summed E-state index contributed by atoms with van der Waals surface area (Å²) in [5, 5.41) is 3.33. The molecule has 146 valence electrons. The topological polar surface area (TPSA) is 54.7 Å². The molecule has 6 nitrogen and oxygen atoms in total. The van der Waals surface area contributed by atoms with Crippen LogP contribution in [-0.4, -0.2) is 34.5 Å². The van der Waals surface area contributed by atoms with E-state index < -0.39 is 0 Å². The smallest absolute Gasteiger partial charge is 0.224 e. The van der Waals surface area contributed by atoms with E-state index in [1.54, 1.807) is 25.4 Å². The predicted molar refractivity (Wildman–Crippen MR) is 108 cm³/mol. The highest BCUT2D eigenvalue weighted by molar-refractivity contribution is 5.79. The summed E-state index contributed by atoms with van der Waals surface area (Å²) in [6.07, 6.45) is 3.67. The lowest BCUT2D eigenvalue weighted by molar-refractivity contribution is 0.445. The molecule has 0 atom stereocenters. The van der Waals surface area contributed by atoms with E-state index in [2.05, 4.69) is 25.9 Å². The number of aryl methyl sites for hydroxylation is 1. The maximum atomic E-state index is 13.4. The van der Waals surface area contributed by atoms with Gasteiger partial charge in [-0.3, -0.25) is 4.99 Å². The third-order valence-corrected chi connectivity index (χ3v) is 4.32. The number of rotatable bonds is 6. The van der Waals surface area contributed by atoms with Crippen molar-refractivity contribution in [2.24, 2.45) is 12.0 Å². The fourth-order valence-corrected chi connectivity index (χ4v) is 2.83. The van der Waals surface area contributed by atoms with E-state index in [0.29, 0.717) is 18.2 Å². The van der Waals surface area contributed by atoms with Crippen LogP contribution in [0.3, 0.4) is 0 Å². The summed E-state index contributed by atoms with van der Waals surface area (Å²) in [6, 6.07) is 13.9. The fraction of sp³-hybridized carbons (Fsp3) is 0.238. The molecule has 0 amide bonds. The summed E-state index contributed by atoms with van der Waals surface area (Å²) < 4.78 is 21.3. The van der Waals surface area contributed by atoms with Gasteiger partial charge < -0.3 is 19.5 Å². The molecule has 0 fully saturated rings. The first-order valence-electron chi connectivity index (χ1n) is 8.96. The van der Waals surface area contributed by atoms with Crippen LogP contribution in [0.5, 0.6) is 11.6 Å². The monoisotopic (exact) mass is 381 g/mol.